The van der Waals surface area contributed by atoms with Crippen LogP contribution in [-0.2, 0) is 4.79 Å². The zero-order valence-corrected chi connectivity index (χ0v) is 15.9. The molecular formula is C21H17ClN4O2. The quantitative estimate of drug-likeness (QED) is 0.548. The third kappa shape index (κ3) is 2.86. The van der Waals surface area contributed by atoms with Gasteiger partial charge in [-0.25, -0.2) is 0 Å². The molecule has 0 aliphatic carbocycles. The molecule has 0 saturated carbocycles. The van der Waals surface area contributed by atoms with Crippen LogP contribution in [0.2, 0.25) is 5.02 Å². The van der Waals surface area contributed by atoms with Crippen molar-refractivity contribution in [1.29, 1.82) is 0 Å². The van der Waals surface area contributed by atoms with Crippen molar-refractivity contribution in [3.8, 4) is 11.5 Å². The van der Waals surface area contributed by atoms with Gasteiger partial charge in [-0.2, -0.15) is 4.98 Å². The van der Waals surface area contributed by atoms with Crippen LogP contribution in [0.15, 0.2) is 53.2 Å². The molecule has 4 aromatic rings. The normalized spacial score (nSPS) is 17.0. The summed E-state index contributed by atoms with van der Waals surface area (Å²) in [6, 6.07) is 13.6. The molecule has 1 N–H and O–H groups in total. The van der Waals surface area contributed by atoms with Crippen LogP contribution < -0.4 is 4.90 Å². The maximum absolute atomic E-state index is 12.5. The minimum absolute atomic E-state index is 0.0316. The van der Waals surface area contributed by atoms with Gasteiger partial charge in [-0.1, -0.05) is 28.9 Å². The molecule has 140 valence electrons. The third-order valence-electron chi connectivity index (χ3n) is 5.20. The summed E-state index contributed by atoms with van der Waals surface area (Å²) in [5, 5.41) is 5.91. The molecule has 1 unspecified atom stereocenters. The van der Waals surface area contributed by atoms with Gasteiger partial charge in [0.05, 0.1) is 0 Å². The van der Waals surface area contributed by atoms with E-state index in [2.05, 4.69) is 15.1 Å². The van der Waals surface area contributed by atoms with Crippen LogP contribution in [0.1, 0.15) is 23.7 Å². The fraction of sp³-hybridized carbons (Fsp3) is 0.190. The predicted molar refractivity (Wildman–Crippen MR) is 107 cm³/mol. The Bertz CT molecular complexity index is 1200. The summed E-state index contributed by atoms with van der Waals surface area (Å²) in [5.41, 5.74) is 3.63. The number of rotatable bonds is 3. The van der Waals surface area contributed by atoms with Crippen molar-refractivity contribution in [3.63, 3.8) is 0 Å². The molecule has 3 heterocycles. The van der Waals surface area contributed by atoms with Gasteiger partial charge in [-0.05, 0) is 48.2 Å². The first-order valence-corrected chi connectivity index (χ1v) is 9.44. The van der Waals surface area contributed by atoms with Crippen molar-refractivity contribution in [2.75, 3.05) is 11.4 Å². The number of H-pyrrole nitrogens is 1. The monoisotopic (exact) mass is 392 g/mol. The van der Waals surface area contributed by atoms with Crippen LogP contribution in [0, 0.1) is 6.92 Å². The minimum atomic E-state index is -0.112. The largest absolute Gasteiger partial charge is 0.361 e. The van der Waals surface area contributed by atoms with Crippen LogP contribution in [-0.4, -0.2) is 27.6 Å². The number of carbonyl (C=O) groups excluding carboxylic acids is 1. The van der Waals surface area contributed by atoms with Crippen LogP contribution in [0.4, 0.5) is 5.69 Å². The molecule has 2 aromatic heterocycles. The number of nitrogens with zero attached hydrogens (tertiary/aromatic N) is 3. The lowest BCUT2D eigenvalue weighted by Gasteiger charge is -2.17. The van der Waals surface area contributed by atoms with E-state index in [-0.39, 0.29) is 11.8 Å². The molecule has 7 heteroatoms. The van der Waals surface area contributed by atoms with Gasteiger partial charge in [0.2, 0.25) is 5.91 Å². The second kappa shape index (κ2) is 6.49. The van der Waals surface area contributed by atoms with Gasteiger partial charge in [-0.3, -0.25) is 4.79 Å². The topological polar surface area (TPSA) is 75.0 Å². The summed E-state index contributed by atoms with van der Waals surface area (Å²) in [6.45, 7) is 2.44. The molecule has 1 aliphatic rings. The molecule has 28 heavy (non-hydrogen) atoms. The molecular weight excluding hydrogens is 376 g/mol. The van der Waals surface area contributed by atoms with E-state index < -0.39 is 0 Å². The van der Waals surface area contributed by atoms with Gasteiger partial charge in [0.15, 0.2) is 5.82 Å². The third-order valence-corrected chi connectivity index (χ3v) is 5.61. The predicted octanol–water partition coefficient (Wildman–Crippen LogP) is 4.70. The van der Waals surface area contributed by atoms with Crippen molar-refractivity contribution in [3.05, 3.63) is 65.1 Å². The summed E-state index contributed by atoms with van der Waals surface area (Å²) < 4.78 is 5.47. The van der Waals surface area contributed by atoms with Crippen LogP contribution >= 0.6 is 11.6 Å². The number of benzene rings is 2. The average Bonchev–Trinajstić information content (AvgIpc) is 3.42. The lowest BCUT2D eigenvalue weighted by atomic mass is 10.1. The lowest BCUT2D eigenvalue weighted by Crippen LogP contribution is -2.24. The van der Waals surface area contributed by atoms with Gasteiger partial charge in [-0.15, -0.1) is 0 Å². The summed E-state index contributed by atoms with van der Waals surface area (Å²) in [7, 11) is 0. The number of hydrogen-bond acceptors (Lipinski definition) is 4. The van der Waals surface area contributed by atoms with Gasteiger partial charge in [0.1, 0.15) is 0 Å². The van der Waals surface area contributed by atoms with E-state index in [1.807, 2.05) is 55.6 Å². The smallest absolute Gasteiger partial charge is 0.258 e. The molecule has 1 atom stereocenters. The van der Waals surface area contributed by atoms with Gasteiger partial charge in [0.25, 0.3) is 5.89 Å². The number of fused-ring (bicyclic) bond motifs is 1. The summed E-state index contributed by atoms with van der Waals surface area (Å²) in [4.78, 5) is 22.0. The van der Waals surface area contributed by atoms with E-state index in [0.29, 0.717) is 29.7 Å². The maximum Gasteiger partial charge on any atom is 0.258 e. The highest BCUT2D eigenvalue weighted by Gasteiger charge is 2.34. The molecule has 2 aromatic carbocycles. The van der Waals surface area contributed by atoms with E-state index in [9.17, 15) is 4.79 Å². The van der Waals surface area contributed by atoms with Crippen LogP contribution in [0.5, 0.6) is 0 Å². The lowest BCUT2D eigenvalue weighted by molar-refractivity contribution is -0.117. The van der Waals surface area contributed by atoms with Gasteiger partial charge >= 0.3 is 0 Å². The first kappa shape index (κ1) is 17.0. The van der Waals surface area contributed by atoms with Crippen LogP contribution in [0.3, 0.4) is 0 Å². The molecule has 0 spiro atoms. The van der Waals surface area contributed by atoms with E-state index in [1.165, 1.54) is 0 Å². The first-order chi connectivity index (χ1) is 13.6. The second-order valence-corrected chi connectivity index (χ2v) is 7.48. The average molecular weight is 393 g/mol. The summed E-state index contributed by atoms with van der Waals surface area (Å²) >= 11 is 6.22. The highest BCUT2D eigenvalue weighted by Crippen LogP contribution is 2.33. The Hall–Kier alpha value is -3.12. The molecule has 6 nitrogen and oxygen atoms in total. The Morgan fingerprint density at radius 2 is 2.11 bits per heavy atom. The zero-order valence-electron chi connectivity index (χ0n) is 15.1. The SMILES string of the molecule is Cc1ccc(N2CC(c3noc(-c4ccc5cc[nH]c5c4)n3)CC2=O)cc1Cl. The summed E-state index contributed by atoms with van der Waals surface area (Å²) in [6.07, 6.45) is 2.24. The number of anilines is 1. The fourth-order valence-corrected chi connectivity index (χ4v) is 3.75. The Kier molecular flexibility index (Phi) is 3.94. The van der Waals surface area contributed by atoms with Crippen LogP contribution in [0.25, 0.3) is 22.4 Å². The number of amides is 1. The molecule has 1 saturated heterocycles. The number of nitrogens with one attached hydrogen (secondary N) is 1. The molecule has 1 fully saturated rings. The number of aromatic amines is 1. The van der Waals surface area contributed by atoms with Crippen molar-refractivity contribution >= 4 is 34.1 Å². The van der Waals surface area contributed by atoms with Crippen molar-refractivity contribution < 1.29 is 9.32 Å². The standard InChI is InChI=1S/C21H17ClN4O2/c1-12-2-5-16(10-17(12)22)26-11-15(9-19(26)27)20-24-21(28-25-20)14-4-3-13-6-7-23-18(13)8-14/h2-8,10,15,23H,9,11H2,1H3. The number of aromatic nitrogens is 3. The number of aryl methyl sites for hydroxylation is 1. The molecule has 0 bridgehead atoms. The zero-order chi connectivity index (χ0) is 19.3. The minimum Gasteiger partial charge on any atom is -0.361 e. The summed E-state index contributed by atoms with van der Waals surface area (Å²) in [5.74, 6) is 0.926. The maximum atomic E-state index is 12.5. The Balaban J connectivity index is 1.40. The highest BCUT2D eigenvalue weighted by atomic mass is 35.5. The number of hydrogen-bond donors (Lipinski definition) is 1. The van der Waals surface area contributed by atoms with E-state index in [4.69, 9.17) is 16.1 Å². The van der Waals surface area contributed by atoms with E-state index >= 15 is 0 Å². The molecule has 0 radical (unpaired) electrons. The van der Waals surface area contributed by atoms with Crippen molar-refractivity contribution in [2.45, 2.75) is 19.3 Å². The molecule has 1 amide bonds. The molecule has 5 rings (SSSR count). The van der Waals surface area contributed by atoms with E-state index in [0.717, 1.165) is 27.7 Å². The Labute approximate surface area is 166 Å². The van der Waals surface area contributed by atoms with E-state index in [1.54, 1.807) is 4.90 Å². The first-order valence-electron chi connectivity index (χ1n) is 9.06. The Morgan fingerprint density at radius 3 is 2.96 bits per heavy atom. The fourth-order valence-electron chi connectivity index (χ4n) is 3.58. The highest BCUT2D eigenvalue weighted by molar-refractivity contribution is 6.31. The van der Waals surface area contributed by atoms with Crippen molar-refractivity contribution in [2.24, 2.45) is 0 Å². The van der Waals surface area contributed by atoms with Gasteiger partial charge in [0, 0.05) is 46.9 Å². The second-order valence-electron chi connectivity index (χ2n) is 7.08. The number of carbonyl (C=O) groups is 1. The number of halogens is 1. The van der Waals surface area contributed by atoms with Crippen molar-refractivity contribution in [1.82, 2.24) is 15.1 Å². The molecule has 1 aliphatic heterocycles. The van der Waals surface area contributed by atoms with Gasteiger partial charge < -0.3 is 14.4 Å². The Morgan fingerprint density at radius 1 is 1.21 bits per heavy atom.